The van der Waals surface area contributed by atoms with Gasteiger partial charge in [0.15, 0.2) is 0 Å². The van der Waals surface area contributed by atoms with Gasteiger partial charge in [-0.05, 0) is 49.9 Å². The van der Waals surface area contributed by atoms with Crippen LogP contribution in [0.25, 0.3) is 0 Å². The molecule has 2 aromatic carbocycles. The van der Waals surface area contributed by atoms with Gasteiger partial charge in [-0.15, -0.1) is 0 Å². The number of benzene rings is 2. The number of nitrogens with zero attached hydrogens (tertiary/aromatic N) is 1. The molecule has 3 atom stereocenters. The summed E-state index contributed by atoms with van der Waals surface area (Å²) in [5.41, 5.74) is 0.639. The number of hydrogen-bond donors (Lipinski definition) is 3. The third kappa shape index (κ3) is 8.31. The zero-order valence-electron chi connectivity index (χ0n) is 21.4. The van der Waals surface area contributed by atoms with E-state index in [0.29, 0.717) is 12.0 Å². The Labute approximate surface area is 207 Å². The smallest absolute Gasteiger partial charge is 0.408 e. The van der Waals surface area contributed by atoms with Crippen molar-refractivity contribution in [2.45, 2.75) is 65.3 Å². The number of rotatable bonds is 9. The number of ether oxygens (including phenoxy) is 1. The SMILES string of the molecule is CCC(C)C(NC(=O)OC(C)(C)C)C(=O)N(C)C(C(=O)NCc1ccccc1)c1cccc(O)c1. The van der Waals surface area contributed by atoms with Gasteiger partial charge in [0.1, 0.15) is 23.4 Å². The lowest BCUT2D eigenvalue weighted by molar-refractivity contribution is -0.141. The Morgan fingerprint density at radius 2 is 1.71 bits per heavy atom. The van der Waals surface area contributed by atoms with E-state index >= 15 is 0 Å². The Bertz CT molecular complexity index is 1000. The summed E-state index contributed by atoms with van der Waals surface area (Å²) in [5, 5.41) is 15.6. The predicted octanol–water partition coefficient (Wildman–Crippen LogP) is 4.15. The third-order valence-corrected chi connectivity index (χ3v) is 5.63. The lowest BCUT2D eigenvalue weighted by Crippen LogP contribution is -2.54. The largest absolute Gasteiger partial charge is 0.508 e. The topological polar surface area (TPSA) is 108 Å². The van der Waals surface area contributed by atoms with Gasteiger partial charge in [0.2, 0.25) is 11.8 Å². The van der Waals surface area contributed by atoms with Crippen molar-refractivity contribution in [2.24, 2.45) is 5.92 Å². The highest BCUT2D eigenvalue weighted by Gasteiger charge is 2.36. The lowest BCUT2D eigenvalue weighted by Gasteiger charge is -2.33. The first-order chi connectivity index (χ1) is 16.4. The summed E-state index contributed by atoms with van der Waals surface area (Å²) in [6.45, 7) is 9.28. The van der Waals surface area contributed by atoms with Gasteiger partial charge < -0.3 is 25.4 Å². The van der Waals surface area contributed by atoms with Gasteiger partial charge in [0, 0.05) is 13.6 Å². The van der Waals surface area contributed by atoms with Crippen LogP contribution in [0, 0.1) is 5.92 Å². The first-order valence-electron chi connectivity index (χ1n) is 11.8. The summed E-state index contributed by atoms with van der Waals surface area (Å²) in [7, 11) is 1.52. The summed E-state index contributed by atoms with van der Waals surface area (Å²) in [4.78, 5) is 40.8. The van der Waals surface area contributed by atoms with Crippen molar-refractivity contribution in [2.75, 3.05) is 7.05 Å². The number of amides is 3. The predicted molar refractivity (Wildman–Crippen MR) is 135 cm³/mol. The highest BCUT2D eigenvalue weighted by Crippen LogP contribution is 2.25. The Morgan fingerprint density at radius 3 is 2.29 bits per heavy atom. The van der Waals surface area contributed by atoms with Crippen LogP contribution in [0.2, 0.25) is 0 Å². The Balaban J connectivity index is 2.32. The molecule has 0 spiro atoms. The van der Waals surface area contributed by atoms with Crippen LogP contribution in [0.3, 0.4) is 0 Å². The van der Waals surface area contributed by atoms with Crippen LogP contribution in [-0.2, 0) is 20.9 Å². The molecule has 35 heavy (non-hydrogen) atoms. The van der Waals surface area contributed by atoms with E-state index in [9.17, 15) is 19.5 Å². The van der Waals surface area contributed by atoms with Gasteiger partial charge in [-0.1, -0.05) is 62.7 Å². The van der Waals surface area contributed by atoms with Crippen LogP contribution in [0.4, 0.5) is 4.79 Å². The van der Waals surface area contributed by atoms with Crippen molar-refractivity contribution < 1.29 is 24.2 Å². The van der Waals surface area contributed by atoms with Crippen LogP contribution in [-0.4, -0.2) is 46.6 Å². The fourth-order valence-corrected chi connectivity index (χ4v) is 3.59. The Hall–Kier alpha value is -3.55. The average Bonchev–Trinajstić information content (AvgIpc) is 2.80. The standard InChI is InChI=1S/C27H37N3O5/c1-7-18(2)22(29-26(34)35-27(3,4)5)25(33)30(6)23(20-14-11-15-21(31)16-20)24(32)28-17-19-12-9-8-10-13-19/h8-16,18,22-23,31H,7,17H2,1-6H3,(H,28,32)(H,29,34). The Morgan fingerprint density at radius 1 is 1.06 bits per heavy atom. The highest BCUT2D eigenvalue weighted by atomic mass is 16.6. The van der Waals surface area contributed by atoms with Gasteiger partial charge in [-0.3, -0.25) is 9.59 Å². The second-order valence-electron chi connectivity index (χ2n) is 9.66. The molecule has 190 valence electrons. The second-order valence-corrected chi connectivity index (χ2v) is 9.66. The summed E-state index contributed by atoms with van der Waals surface area (Å²) < 4.78 is 5.36. The van der Waals surface area contributed by atoms with E-state index in [1.807, 2.05) is 44.2 Å². The number of carbonyl (C=O) groups is 3. The number of nitrogens with one attached hydrogen (secondary N) is 2. The monoisotopic (exact) mass is 483 g/mol. The van der Waals surface area contributed by atoms with Crippen LogP contribution >= 0.6 is 0 Å². The first kappa shape index (κ1) is 27.7. The zero-order valence-corrected chi connectivity index (χ0v) is 21.4. The molecule has 2 rings (SSSR count). The second kappa shape index (κ2) is 12.2. The molecule has 3 unspecified atom stereocenters. The van der Waals surface area contributed by atoms with Crippen LogP contribution in [0.5, 0.6) is 5.75 Å². The maximum absolute atomic E-state index is 13.6. The van der Waals surface area contributed by atoms with E-state index in [2.05, 4.69) is 10.6 Å². The zero-order chi connectivity index (χ0) is 26.2. The van der Waals surface area contributed by atoms with Gasteiger partial charge in [-0.2, -0.15) is 0 Å². The molecule has 0 aliphatic rings. The molecule has 0 aliphatic heterocycles. The fourth-order valence-electron chi connectivity index (χ4n) is 3.59. The normalized spacial score (nSPS) is 13.8. The fraction of sp³-hybridized carbons (Fsp3) is 0.444. The van der Waals surface area contributed by atoms with Gasteiger partial charge in [0.25, 0.3) is 0 Å². The minimum absolute atomic E-state index is 0.0189. The van der Waals surface area contributed by atoms with Gasteiger partial charge >= 0.3 is 6.09 Å². The molecule has 3 N–H and O–H groups in total. The molecule has 0 heterocycles. The van der Waals surface area contributed by atoms with Gasteiger partial charge in [-0.25, -0.2) is 4.79 Å². The third-order valence-electron chi connectivity index (χ3n) is 5.63. The van der Waals surface area contributed by atoms with Crippen LogP contribution < -0.4 is 10.6 Å². The number of aromatic hydroxyl groups is 1. The van der Waals surface area contributed by atoms with E-state index in [1.165, 1.54) is 24.1 Å². The van der Waals surface area contributed by atoms with E-state index in [-0.39, 0.29) is 18.2 Å². The average molecular weight is 484 g/mol. The molecule has 0 saturated carbocycles. The maximum Gasteiger partial charge on any atom is 0.408 e. The summed E-state index contributed by atoms with van der Waals surface area (Å²) >= 11 is 0. The van der Waals surface area contributed by atoms with Gasteiger partial charge in [0.05, 0.1) is 0 Å². The van der Waals surface area contributed by atoms with Crippen molar-refractivity contribution in [3.8, 4) is 5.75 Å². The van der Waals surface area contributed by atoms with E-state index in [0.717, 1.165) is 5.56 Å². The molecular formula is C27H37N3O5. The minimum atomic E-state index is -1.02. The van der Waals surface area contributed by atoms with Crippen molar-refractivity contribution in [3.63, 3.8) is 0 Å². The molecule has 0 saturated heterocycles. The maximum atomic E-state index is 13.6. The molecule has 0 fully saturated rings. The molecule has 2 aromatic rings. The quantitative estimate of drug-likeness (QED) is 0.497. The molecule has 0 radical (unpaired) electrons. The molecule has 8 nitrogen and oxygen atoms in total. The van der Waals surface area contributed by atoms with Crippen molar-refractivity contribution in [1.82, 2.24) is 15.5 Å². The summed E-state index contributed by atoms with van der Waals surface area (Å²) in [6.07, 6.45) is -0.0798. The van der Waals surface area contributed by atoms with E-state index in [1.54, 1.807) is 32.9 Å². The summed E-state index contributed by atoms with van der Waals surface area (Å²) in [5.74, 6) is -1.08. The summed E-state index contributed by atoms with van der Waals surface area (Å²) in [6, 6.07) is 13.7. The molecular weight excluding hydrogens is 446 g/mol. The number of alkyl carbamates (subject to hydrolysis) is 1. The number of likely N-dealkylation sites (N-methyl/N-ethyl adjacent to an activating group) is 1. The lowest BCUT2D eigenvalue weighted by atomic mass is 9.96. The number of hydrogen-bond acceptors (Lipinski definition) is 5. The highest BCUT2D eigenvalue weighted by molar-refractivity contribution is 5.92. The van der Waals surface area contributed by atoms with Crippen LogP contribution in [0.15, 0.2) is 54.6 Å². The number of carbonyl (C=O) groups excluding carboxylic acids is 3. The van der Waals surface area contributed by atoms with E-state index in [4.69, 9.17) is 4.74 Å². The Kier molecular flexibility index (Phi) is 9.68. The molecule has 0 aliphatic carbocycles. The van der Waals surface area contributed by atoms with Crippen molar-refractivity contribution in [1.29, 1.82) is 0 Å². The molecule has 0 aromatic heterocycles. The van der Waals surface area contributed by atoms with E-state index < -0.39 is 35.6 Å². The van der Waals surface area contributed by atoms with Crippen LogP contribution in [0.1, 0.15) is 58.2 Å². The molecule has 3 amide bonds. The number of phenols is 1. The number of phenolic OH excluding ortho intramolecular Hbond substituents is 1. The molecule has 0 bridgehead atoms. The van der Waals surface area contributed by atoms with Crippen molar-refractivity contribution >= 4 is 17.9 Å². The molecule has 8 heteroatoms. The first-order valence-corrected chi connectivity index (χ1v) is 11.8. The minimum Gasteiger partial charge on any atom is -0.508 e. The van der Waals surface area contributed by atoms with Crippen molar-refractivity contribution in [3.05, 3.63) is 65.7 Å².